The van der Waals surface area contributed by atoms with Gasteiger partial charge in [0.05, 0.1) is 5.69 Å². The van der Waals surface area contributed by atoms with Crippen molar-refractivity contribution in [3.8, 4) is 34.1 Å². The number of nitrogens with zero attached hydrogens (tertiary/aromatic N) is 2. The summed E-state index contributed by atoms with van der Waals surface area (Å²) in [7, 11) is 0. The van der Waals surface area contributed by atoms with Crippen molar-refractivity contribution in [2.24, 2.45) is 0 Å². The Bertz CT molecular complexity index is 3050. The van der Waals surface area contributed by atoms with Crippen LogP contribution in [0.5, 0.6) is 23.0 Å². The van der Waals surface area contributed by atoms with Gasteiger partial charge in [-0.1, -0.05) is 129 Å². The lowest BCUT2D eigenvalue weighted by Crippen LogP contribution is -2.57. The maximum absolute atomic E-state index is 6.92. The highest BCUT2D eigenvalue weighted by Gasteiger charge is 2.44. The molecule has 0 N–H and O–H groups in total. The van der Waals surface area contributed by atoms with E-state index >= 15 is 0 Å². The van der Waals surface area contributed by atoms with Crippen molar-refractivity contribution >= 4 is 68.0 Å². The van der Waals surface area contributed by atoms with Crippen molar-refractivity contribution in [3.63, 3.8) is 0 Å². The summed E-state index contributed by atoms with van der Waals surface area (Å²) in [5, 5.41) is 2.44. The second-order valence-electron chi connectivity index (χ2n) is 16.5. The predicted molar refractivity (Wildman–Crippen MR) is 249 cm³/mol. The average Bonchev–Trinajstić information content (AvgIpc) is 3.51. The molecule has 9 aromatic rings. The minimum atomic E-state index is -0.305. The summed E-state index contributed by atoms with van der Waals surface area (Å²) >= 11 is 0. The molecule has 0 fully saturated rings. The van der Waals surface area contributed by atoms with Crippen molar-refractivity contribution in [1.82, 2.24) is 0 Å². The lowest BCUT2D eigenvalue weighted by atomic mass is 9.34. The first-order valence-electron chi connectivity index (χ1n) is 20.7. The predicted octanol–water partition coefficient (Wildman–Crippen LogP) is 12.8. The maximum Gasteiger partial charge on any atom is 0.260 e. The van der Waals surface area contributed by atoms with Crippen LogP contribution in [0.4, 0.5) is 34.1 Å². The van der Waals surface area contributed by atoms with E-state index < -0.39 is 0 Å². The molecule has 4 nitrogen and oxygen atoms in total. The van der Waals surface area contributed by atoms with Crippen LogP contribution in [0.3, 0.4) is 0 Å². The highest BCUT2D eigenvalue weighted by molar-refractivity contribution is 6.98. The van der Waals surface area contributed by atoms with E-state index in [0.29, 0.717) is 0 Å². The summed E-state index contributed by atoms with van der Waals surface area (Å²) in [5.74, 6) is 3.42. The van der Waals surface area contributed by atoms with Gasteiger partial charge in [0.2, 0.25) is 0 Å². The number of hydrogen-bond acceptors (Lipinski definition) is 4. The molecular weight excluding hydrogens is 731 g/mol. The molecular formula is C55H39BN2O2. The van der Waals surface area contributed by atoms with Crippen LogP contribution in [-0.4, -0.2) is 6.71 Å². The molecule has 0 saturated carbocycles. The van der Waals surface area contributed by atoms with Crippen molar-refractivity contribution in [2.45, 2.75) is 19.3 Å². The molecule has 60 heavy (non-hydrogen) atoms. The average molecular weight is 771 g/mol. The van der Waals surface area contributed by atoms with Crippen LogP contribution in [0.1, 0.15) is 25.0 Å². The molecule has 284 valence electrons. The fourth-order valence-corrected chi connectivity index (χ4v) is 9.98. The first-order valence-corrected chi connectivity index (χ1v) is 20.7. The first kappa shape index (κ1) is 34.5. The van der Waals surface area contributed by atoms with E-state index in [1.165, 1.54) is 33.0 Å². The van der Waals surface area contributed by atoms with Gasteiger partial charge in [-0.25, -0.2) is 0 Å². The molecule has 0 bridgehead atoms. The maximum atomic E-state index is 6.92. The molecule has 0 aromatic heterocycles. The minimum absolute atomic E-state index is 0.0663. The molecule has 0 radical (unpaired) electrons. The Morgan fingerprint density at radius 3 is 1.50 bits per heavy atom. The lowest BCUT2D eigenvalue weighted by molar-refractivity contribution is 0.464. The van der Waals surface area contributed by atoms with Crippen molar-refractivity contribution in [2.75, 3.05) is 9.80 Å². The highest BCUT2D eigenvalue weighted by atomic mass is 16.5. The van der Waals surface area contributed by atoms with E-state index in [9.17, 15) is 0 Å². The molecule has 0 saturated heterocycles. The number of para-hydroxylation sites is 4. The Kier molecular flexibility index (Phi) is 7.64. The number of hydrogen-bond donors (Lipinski definition) is 0. The van der Waals surface area contributed by atoms with Crippen molar-refractivity contribution < 1.29 is 9.47 Å². The number of anilines is 6. The topological polar surface area (TPSA) is 24.9 Å². The Balaban J connectivity index is 1.03. The molecule has 2 aliphatic heterocycles. The van der Waals surface area contributed by atoms with Crippen LogP contribution in [0.15, 0.2) is 200 Å². The molecule has 2 heterocycles. The fraction of sp³-hybridized carbons (Fsp3) is 0.0545. The number of fused-ring (bicyclic) bond motifs is 9. The largest absolute Gasteiger partial charge is 0.458 e. The summed E-state index contributed by atoms with van der Waals surface area (Å²) in [6.45, 7) is 4.70. The summed E-state index contributed by atoms with van der Waals surface area (Å²) < 4.78 is 13.8. The molecule has 9 aromatic carbocycles. The van der Waals surface area contributed by atoms with Gasteiger partial charge < -0.3 is 19.3 Å². The van der Waals surface area contributed by atoms with Crippen molar-refractivity contribution in [1.29, 1.82) is 0 Å². The van der Waals surface area contributed by atoms with Gasteiger partial charge in [0, 0.05) is 50.8 Å². The zero-order valence-electron chi connectivity index (χ0n) is 33.3. The van der Waals surface area contributed by atoms with Gasteiger partial charge in [0.25, 0.3) is 6.71 Å². The molecule has 0 spiro atoms. The summed E-state index contributed by atoms with van der Waals surface area (Å²) in [4.78, 5) is 4.69. The van der Waals surface area contributed by atoms with E-state index in [1.54, 1.807) is 0 Å². The number of ether oxygens (including phenoxy) is 2. The summed E-state index contributed by atoms with van der Waals surface area (Å²) in [6.07, 6.45) is 0. The van der Waals surface area contributed by atoms with Crippen molar-refractivity contribution in [3.05, 3.63) is 211 Å². The Hall–Kier alpha value is -7.50. The summed E-state index contributed by atoms with van der Waals surface area (Å²) in [6, 6.07) is 71.5. The molecule has 5 heteroatoms. The Morgan fingerprint density at radius 1 is 0.400 bits per heavy atom. The normalized spacial score (nSPS) is 13.5. The van der Waals surface area contributed by atoms with Crippen LogP contribution < -0.4 is 35.7 Å². The van der Waals surface area contributed by atoms with Gasteiger partial charge in [-0.2, -0.15) is 0 Å². The van der Waals surface area contributed by atoms with Gasteiger partial charge >= 0.3 is 0 Å². The van der Waals surface area contributed by atoms with Gasteiger partial charge in [-0.3, -0.25) is 0 Å². The molecule has 1 aliphatic carbocycles. The molecule has 0 unspecified atom stereocenters. The molecule has 0 atom stereocenters. The SMILES string of the molecule is CC1(C)c2cc3c(cc2-c2c1cc(N(c1ccccc1)c1ccccc1)c1ccccc21)Oc1cccc2c1B3c1ccc(N(c3ccccc3)c3ccccc3)cc1O2. The molecule has 12 rings (SSSR count). The third-order valence-corrected chi connectivity index (χ3v) is 12.7. The van der Waals surface area contributed by atoms with Crippen LogP contribution in [0.25, 0.3) is 21.9 Å². The van der Waals surface area contributed by atoms with Gasteiger partial charge in [0.15, 0.2) is 0 Å². The minimum Gasteiger partial charge on any atom is -0.458 e. The fourth-order valence-electron chi connectivity index (χ4n) is 9.98. The van der Waals surface area contributed by atoms with E-state index in [2.05, 4.69) is 218 Å². The van der Waals surface area contributed by atoms with Crippen LogP contribution in [-0.2, 0) is 5.41 Å². The molecule has 0 amide bonds. The van der Waals surface area contributed by atoms with Crippen LogP contribution >= 0.6 is 0 Å². The van der Waals surface area contributed by atoms with Crippen LogP contribution in [0, 0.1) is 0 Å². The third kappa shape index (κ3) is 5.18. The van der Waals surface area contributed by atoms with Gasteiger partial charge in [0.1, 0.15) is 23.0 Å². The third-order valence-electron chi connectivity index (χ3n) is 12.7. The zero-order chi connectivity index (χ0) is 40.0. The van der Waals surface area contributed by atoms with Gasteiger partial charge in [-0.15, -0.1) is 0 Å². The second-order valence-corrected chi connectivity index (χ2v) is 16.5. The van der Waals surface area contributed by atoms with E-state index in [-0.39, 0.29) is 12.1 Å². The summed E-state index contributed by atoms with van der Waals surface area (Å²) in [5.41, 5.74) is 14.8. The Labute approximate surface area is 350 Å². The van der Waals surface area contributed by atoms with E-state index in [0.717, 1.165) is 73.5 Å². The second kappa shape index (κ2) is 13.3. The Morgan fingerprint density at radius 2 is 0.917 bits per heavy atom. The van der Waals surface area contributed by atoms with Gasteiger partial charge in [-0.05, 0) is 117 Å². The first-order chi connectivity index (χ1) is 29.5. The molecule has 3 aliphatic rings. The number of benzene rings is 9. The standard InChI is InChI=1S/C55H39BN2O2/c1-55(2)44-34-47-52(33-43(44)53-42-27-16-15-26-41(42)48(35-45(53)55)58(38-22-11-5-12-23-38)39-24-13-6-14-25-39)60-50-29-17-28-49-54(50)56(47)46-31-30-40(32-51(46)59-49)57(36-18-7-3-8-19-36)37-20-9-4-10-21-37/h3-35H,1-2H3. The quantitative estimate of drug-likeness (QED) is 0.157. The lowest BCUT2D eigenvalue weighted by Gasteiger charge is -2.34. The van der Waals surface area contributed by atoms with Crippen LogP contribution in [0.2, 0.25) is 0 Å². The van der Waals surface area contributed by atoms with E-state index in [4.69, 9.17) is 9.47 Å². The van der Waals surface area contributed by atoms with E-state index in [1.807, 2.05) is 6.07 Å². The number of rotatable bonds is 6. The zero-order valence-corrected chi connectivity index (χ0v) is 33.3. The smallest absolute Gasteiger partial charge is 0.260 e. The monoisotopic (exact) mass is 770 g/mol. The highest BCUT2D eigenvalue weighted by Crippen LogP contribution is 2.55.